The number of hydrogen-bond acceptors (Lipinski definition) is 3. The fourth-order valence-corrected chi connectivity index (χ4v) is 5.80. The Morgan fingerprint density at radius 1 is 0.971 bits per heavy atom. The molecule has 1 aliphatic carbocycles. The van der Waals surface area contributed by atoms with Gasteiger partial charge in [-0.05, 0) is 61.4 Å². The molecule has 4 aliphatic rings. The van der Waals surface area contributed by atoms with Crippen LogP contribution >= 0.6 is 0 Å². The molecule has 0 saturated carbocycles. The number of carboxylic acids is 1. The molecule has 2 aromatic rings. The van der Waals surface area contributed by atoms with E-state index in [-0.39, 0.29) is 0 Å². The summed E-state index contributed by atoms with van der Waals surface area (Å²) in [6, 6.07) is 15.9. The number of carbonyl (C=O) groups is 1. The highest BCUT2D eigenvalue weighted by Crippen LogP contribution is 2.47. The number of aromatic carboxylic acids is 1. The number of fused-ring (bicyclic) bond motifs is 3. The maximum atomic E-state index is 12.2. The van der Waals surface area contributed by atoms with Gasteiger partial charge >= 0.3 is 5.97 Å². The van der Waals surface area contributed by atoms with Gasteiger partial charge in [0.1, 0.15) is 25.4 Å². The summed E-state index contributed by atoms with van der Waals surface area (Å²) in [6.45, 7) is 2.19. The molecule has 5 nitrogen and oxygen atoms in total. The van der Waals surface area contributed by atoms with Gasteiger partial charge in [-0.1, -0.05) is 18.2 Å². The Morgan fingerprint density at radius 2 is 1.79 bits per heavy atom. The summed E-state index contributed by atoms with van der Waals surface area (Å²) in [4.78, 5) is 14.8. The summed E-state index contributed by atoms with van der Waals surface area (Å²) in [6.07, 6.45) is 5.51. The van der Waals surface area contributed by atoms with E-state index < -0.39 is 5.97 Å². The van der Waals surface area contributed by atoms with Crippen molar-refractivity contribution in [1.82, 2.24) is 4.58 Å². The van der Waals surface area contributed by atoms with E-state index in [4.69, 9.17) is 4.42 Å². The Kier molecular flexibility index (Phi) is 4.94. The third-order valence-electron chi connectivity index (χ3n) is 7.38. The van der Waals surface area contributed by atoms with E-state index in [1.54, 1.807) is 12.1 Å². The molecule has 34 heavy (non-hydrogen) atoms. The molecule has 0 radical (unpaired) electrons. The standard InChI is InChI=1S/C29H28N2O3/c1-30(2)19-12-13-22-25(17-19)34-28-23-11-7-15-31-14-6-5-8-18(27(23)31)16-24(28)26(22)20-9-3-4-10-21(20)29(32)33/h3-4,9-10,12-13,16-17H,5-8,11,14-15H2,1-2H3/p+1. The van der Waals surface area contributed by atoms with E-state index in [1.165, 1.54) is 29.7 Å². The van der Waals surface area contributed by atoms with Gasteiger partial charge in [0.05, 0.1) is 11.6 Å². The minimum absolute atomic E-state index is 0.318. The zero-order valence-electron chi connectivity index (χ0n) is 19.7. The van der Waals surface area contributed by atoms with Gasteiger partial charge in [0.15, 0.2) is 0 Å². The number of nitrogens with zero attached hydrogens (tertiary/aromatic N) is 2. The number of benzene rings is 3. The van der Waals surface area contributed by atoms with Crippen LogP contribution in [0.5, 0.6) is 0 Å². The van der Waals surface area contributed by atoms with Crippen LogP contribution in [0.25, 0.3) is 33.4 Å². The quantitative estimate of drug-likeness (QED) is 0.342. The van der Waals surface area contributed by atoms with E-state index >= 15 is 0 Å². The summed E-state index contributed by atoms with van der Waals surface area (Å²) < 4.78 is 8.77. The molecule has 0 saturated heterocycles. The lowest BCUT2D eigenvalue weighted by Gasteiger charge is -2.33. The Balaban J connectivity index is 1.81. The summed E-state index contributed by atoms with van der Waals surface area (Å²) in [7, 11) is 4.04. The minimum atomic E-state index is -0.912. The molecule has 3 aliphatic heterocycles. The second-order valence-corrected chi connectivity index (χ2v) is 9.69. The summed E-state index contributed by atoms with van der Waals surface area (Å²) in [5, 5.41) is 12.1. The molecule has 2 aromatic carbocycles. The first-order chi connectivity index (χ1) is 16.5. The second kappa shape index (κ2) is 8.01. The molecule has 3 heterocycles. The van der Waals surface area contributed by atoms with Crippen molar-refractivity contribution < 1.29 is 14.3 Å². The SMILES string of the molecule is C[N+](C)=c1ccc2c(-c3ccccc3C(=O)O)c3cc4c5c(c3oc-2c1)CCCN5CCCC4. The fraction of sp³-hybridized carbons (Fsp3) is 0.310. The Morgan fingerprint density at radius 3 is 2.62 bits per heavy atom. The van der Waals surface area contributed by atoms with Gasteiger partial charge in [-0.3, -0.25) is 0 Å². The average Bonchev–Trinajstić information content (AvgIpc) is 3.05. The van der Waals surface area contributed by atoms with Gasteiger partial charge in [0, 0.05) is 46.9 Å². The number of rotatable bonds is 2. The van der Waals surface area contributed by atoms with Crippen molar-refractivity contribution in [1.29, 1.82) is 0 Å². The van der Waals surface area contributed by atoms with Gasteiger partial charge in [-0.2, -0.15) is 0 Å². The van der Waals surface area contributed by atoms with Crippen LogP contribution in [0.4, 0.5) is 5.69 Å². The van der Waals surface area contributed by atoms with Crippen LogP contribution in [0.1, 0.15) is 40.7 Å². The molecule has 0 unspecified atom stereocenters. The van der Waals surface area contributed by atoms with E-state index in [0.717, 1.165) is 71.1 Å². The van der Waals surface area contributed by atoms with Crippen molar-refractivity contribution >= 4 is 22.6 Å². The zero-order chi connectivity index (χ0) is 23.4. The van der Waals surface area contributed by atoms with Crippen LogP contribution < -0.4 is 14.8 Å². The Bertz CT molecular complexity index is 1490. The topological polar surface area (TPSA) is 56.7 Å². The number of anilines is 1. The van der Waals surface area contributed by atoms with Gasteiger partial charge in [0.25, 0.3) is 0 Å². The predicted molar refractivity (Wildman–Crippen MR) is 136 cm³/mol. The normalized spacial score (nSPS) is 15.3. The molecule has 0 aromatic heterocycles. The lowest BCUT2D eigenvalue weighted by Crippen LogP contribution is -2.30. The number of carboxylic acid groups (broad SMARTS) is 1. The Labute approximate surface area is 198 Å². The molecule has 0 spiro atoms. The molecule has 0 atom stereocenters. The van der Waals surface area contributed by atoms with Gasteiger partial charge in [-0.15, -0.1) is 0 Å². The Hall–Kier alpha value is -3.60. The highest BCUT2D eigenvalue weighted by atomic mass is 16.4. The first kappa shape index (κ1) is 21.0. The predicted octanol–water partition coefficient (Wildman–Crippen LogP) is 5.02. The molecule has 0 bridgehead atoms. The van der Waals surface area contributed by atoms with Crippen LogP contribution in [-0.4, -0.2) is 38.3 Å². The van der Waals surface area contributed by atoms with Gasteiger partial charge in [0.2, 0.25) is 5.36 Å². The molecule has 6 rings (SSSR count). The van der Waals surface area contributed by atoms with Crippen LogP contribution in [-0.2, 0) is 12.8 Å². The van der Waals surface area contributed by atoms with E-state index in [1.807, 2.05) is 26.2 Å². The van der Waals surface area contributed by atoms with Crippen LogP contribution in [0.2, 0.25) is 0 Å². The molecule has 5 heteroatoms. The number of aryl methyl sites for hydroxylation is 2. The van der Waals surface area contributed by atoms with Crippen LogP contribution in [0.15, 0.2) is 52.9 Å². The molecule has 0 fully saturated rings. The third kappa shape index (κ3) is 3.22. The van der Waals surface area contributed by atoms with Crippen molar-refractivity contribution in [2.45, 2.75) is 32.1 Å². The number of hydrogen-bond donors (Lipinski definition) is 1. The maximum Gasteiger partial charge on any atom is 0.336 e. The van der Waals surface area contributed by atoms with Crippen molar-refractivity contribution in [3.05, 3.63) is 70.6 Å². The van der Waals surface area contributed by atoms with E-state index in [2.05, 4.69) is 33.7 Å². The first-order valence-electron chi connectivity index (χ1n) is 12.2. The fourth-order valence-electron chi connectivity index (χ4n) is 5.80. The molecular weight excluding hydrogens is 424 g/mol. The zero-order valence-corrected chi connectivity index (χ0v) is 19.7. The highest BCUT2D eigenvalue weighted by molar-refractivity contribution is 6.09. The summed E-state index contributed by atoms with van der Waals surface area (Å²) in [5.74, 6) is -0.124. The highest BCUT2D eigenvalue weighted by Gasteiger charge is 2.29. The van der Waals surface area contributed by atoms with Crippen LogP contribution in [0, 0.1) is 0 Å². The van der Waals surface area contributed by atoms with Gasteiger partial charge in [-0.25, -0.2) is 9.37 Å². The van der Waals surface area contributed by atoms with Crippen molar-refractivity contribution in [3.8, 4) is 22.5 Å². The lowest BCUT2D eigenvalue weighted by molar-refractivity contribution is 0.0697. The summed E-state index contributed by atoms with van der Waals surface area (Å²) >= 11 is 0. The average molecular weight is 454 g/mol. The monoisotopic (exact) mass is 453 g/mol. The second-order valence-electron chi connectivity index (χ2n) is 9.69. The smallest absolute Gasteiger partial charge is 0.336 e. The van der Waals surface area contributed by atoms with E-state index in [0.29, 0.717) is 5.56 Å². The third-order valence-corrected chi connectivity index (χ3v) is 7.38. The van der Waals surface area contributed by atoms with Crippen molar-refractivity contribution in [2.24, 2.45) is 0 Å². The molecule has 1 N–H and O–H groups in total. The van der Waals surface area contributed by atoms with E-state index in [9.17, 15) is 9.90 Å². The summed E-state index contributed by atoms with van der Waals surface area (Å²) in [5.41, 5.74) is 7.88. The largest absolute Gasteiger partial charge is 0.478 e. The van der Waals surface area contributed by atoms with Crippen molar-refractivity contribution in [3.63, 3.8) is 0 Å². The van der Waals surface area contributed by atoms with Gasteiger partial charge < -0.3 is 14.4 Å². The maximum absolute atomic E-state index is 12.2. The van der Waals surface area contributed by atoms with Crippen LogP contribution in [0.3, 0.4) is 0 Å². The molecular formula is C29H29N2O3+. The molecule has 172 valence electrons. The molecule has 0 amide bonds. The van der Waals surface area contributed by atoms with Crippen molar-refractivity contribution in [2.75, 3.05) is 32.1 Å². The first-order valence-corrected chi connectivity index (χ1v) is 12.2. The minimum Gasteiger partial charge on any atom is -0.478 e. The lowest BCUT2D eigenvalue weighted by atomic mass is 9.86.